The normalized spacial score (nSPS) is 10.9. The molecule has 4 nitrogen and oxygen atoms in total. The predicted octanol–water partition coefficient (Wildman–Crippen LogP) is 5.33. The molecule has 2 heterocycles. The first kappa shape index (κ1) is 14.7. The molecular weight excluding hydrogens is 320 g/mol. The number of anilines is 2. The number of para-hydroxylation sites is 1. The van der Waals surface area contributed by atoms with Gasteiger partial charge in [-0.3, -0.25) is 0 Å². The fourth-order valence-corrected chi connectivity index (χ4v) is 3.05. The van der Waals surface area contributed by atoms with Crippen LogP contribution >= 0.6 is 11.6 Å². The average molecular weight is 335 g/mol. The molecule has 0 saturated heterocycles. The van der Waals surface area contributed by atoms with Gasteiger partial charge >= 0.3 is 0 Å². The molecule has 4 rings (SSSR count). The Labute approximate surface area is 144 Å². The first-order chi connectivity index (χ1) is 11.7. The molecule has 2 N–H and O–H groups in total. The van der Waals surface area contributed by atoms with Gasteiger partial charge in [-0.1, -0.05) is 35.9 Å². The molecule has 0 radical (unpaired) electrons. The number of hydrogen-bond donors (Lipinski definition) is 2. The van der Waals surface area contributed by atoms with Crippen molar-refractivity contribution in [1.82, 2.24) is 15.0 Å². The van der Waals surface area contributed by atoms with Gasteiger partial charge in [-0.05, 0) is 37.3 Å². The van der Waals surface area contributed by atoms with E-state index in [2.05, 4.69) is 39.3 Å². The lowest BCUT2D eigenvalue weighted by Crippen LogP contribution is -1.98. The first-order valence-corrected chi connectivity index (χ1v) is 8.02. The van der Waals surface area contributed by atoms with E-state index in [9.17, 15) is 0 Å². The zero-order chi connectivity index (χ0) is 16.5. The van der Waals surface area contributed by atoms with Crippen LogP contribution in [0.3, 0.4) is 0 Å². The minimum Gasteiger partial charge on any atom is -0.358 e. The maximum atomic E-state index is 6.02. The van der Waals surface area contributed by atoms with Crippen molar-refractivity contribution in [3.8, 4) is 11.3 Å². The Hall–Kier alpha value is -2.85. The summed E-state index contributed by atoms with van der Waals surface area (Å²) in [5, 5.41) is 5.02. The smallest absolute Gasteiger partial charge is 0.227 e. The van der Waals surface area contributed by atoms with E-state index in [1.807, 2.05) is 42.5 Å². The Bertz CT molecular complexity index is 1020. The van der Waals surface area contributed by atoms with Crippen molar-refractivity contribution in [2.45, 2.75) is 6.92 Å². The number of fused-ring (bicyclic) bond motifs is 1. The Balaban J connectivity index is 1.76. The highest BCUT2D eigenvalue weighted by molar-refractivity contribution is 6.30. The van der Waals surface area contributed by atoms with Gasteiger partial charge in [0.25, 0.3) is 0 Å². The van der Waals surface area contributed by atoms with Crippen LogP contribution in [-0.2, 0) is 0 Å². The maximum Gasteiger partial charge on any atom is 0.227 e. The zero-order valence-electron chi connectivity index (χ0n) is 13.0. The van der Waals surface area contributed by atoms with Crippen LogP contribution in [0.15, 0.2) is 60.8 Å². The molecule has 2 aromatic heterocycles. The molecule has 0 unspecified atom stereocenters. The van der Waals surface area contributed by atoms with Gasteiger partial charge in [-0.25, -0.2) is 9.97 Å². The van der Waals surface area contributed by atoms with Crippen molar-refractivity contribution < 1.29 is 0 Å². The average Bonchev–Trinajstić information content (AvgIpc) is 2.91. The van der Waals surface area contributed by atoms with Crippen molar-refractivity contribution in [3.63, 3.8) is 0 Å². The topological polar surface area (TPSA) is 53.6 Å². The first-order valence-electron chi connectivity index (χ1n) is 7.64. The minimum atomic E-state index is 0.541. The molecule has 0 atom stereocenters. The lowest BCUT2D eigenvalue weighted by atomic mass is 10.1. The number of H-pyrrole nitrogens is 1. The fourth-order valence-electron chi connectivity index (χ4n) is 2.86. The summed E-state index contributed by atoms with van der Waals surface area (Å²) >= 11 is 6.02. The molecule has 4 aromatic rings. The Kier molecular flexibility index (Phi) is 3.67. The molecule has 0 aliphatic heterocycles. The van der Waals surface area contributed by atoms with Crippen LogP contribution in [0, 0.1) is 6.92 Å². The minimum absolute atomic E-state index is 0.541. The molecule has 24 heavy (non-hydrogen) atoms. The molecular formula is C19H15ClN4. The van der Waals surface area contributed by atoms with Crippen LogP contribution < -0.4 is 5.32 Å². The highest BCUT2D eigenvalue weighted by atomic mass is 35.5. The number of aryl methyl sites for hydroxylation is 1. The van der Waals surface area contributed by atoms with Crippen LogP contribution in [-0.4, -0.2) is 15.0 Å². The Morgan fingerprint density at radius 2 is 1.92 bits per heavy atom. The third-order valence-corrected chi connectivity index (χ3v) is 4.12. The van der Waals surface area contributed by atoms with Crippen molar-refractivity contribution >= 4 is 34.1 Å². The van der Waals surface area contributed by atoms with Gasteiger partial charge in [-0.15, -0.1) is 0 Å². The van der Waals surface area contributed by atoms with Gasteiger partial charge in [0, 0.05) is 39.1 Å². The van der Waals surface area contributed by atoms with Crippen LogP contribution in [0.25, 0.3) is 22.2 Å². The highest BCUT2D eigenvalue weighted by Crippen LogP contribution is 2.31. The van der Waals surface area contributed by atoms with Crippen molar-refractivity contribution in [3.05, 3.63) is 71.5 Å². The van der Waals surface area contributed by atoms with E-state index in [-0.39, 0.29) is 0 Å². The second kappa shape index (κ2) is 5.98. The van der Waals surface area contributed by atoms with Crippen LogP contribution in [0.2, 0.25) is 5.02 Å². The molecule has 0 saturated carbocycles. The van der Waals surface area contributed by atoms with Gasteiger partial charge in [0.2, 0.25) is 5.95 Å². The number of benzene rings is 2. The zero-order valence-corrected chi connectivity index (χ0v) is 13.8. The molecule has 0 spiro atoms. The monoisotopic (exact) mass is 334 g/mol. The molecule has 0 aliphatic carbocycles. The van der Waals surface area contributed by atoms with Crippen LogP contribution in [0.5, 0.6) is 0 Å². The Morgan fingerprint density at radius 3 is 2.79 bits per heavy atom. The molecule has 0 bridgehead atoms. The van der Waals surface area contributed by atoms with Crippen molar-refractivity contribution in [1.29, 1.82) is 0 Å². The summed E-state index contributed by atoms with van der Waals surface area (Å²) in [6.07, 6.45) is 1.76. The van der Waals surface area contributed by atoms with E-state index >= 15 is 0 Å². The summed E-state index contributed by atoms with van der Waals surface area (Å²) in [6, 6.07) is 17.6. The lowest BCUT2D eigenvalue weighted by molar-refractivity contribution is 1.16. The second-order valence-corrected chi connectivity index (χ2v) is 6.01. The van der Waals surface area contributed by atoms with E-state index < -0.39 is 0 Å². The highest BCUT2D eigenvalue weighted by Gasteiger charge is 2.12. The molecule has 0 aliphatic rings. The molecule has 0 fully saturated rings. The predicted molar refractivity (Wildman–Crippen MR) is 98.8 cm³/mol. The quantitative estimate of drug-likeness (QED) is 0.532. The van der Waals surface area contributed by atoms with E-state index in [1.54, 1.807) is 6.20 Å². The van der Waals surface area contributed by atoms with Gasteiger partial charge in [0.15, 0.2) is 0 Å². The summed E-state index contributed by atoms with van der Waals surface area (Å²) in [6.45, 7) is 2.06. The van der Waals surface area contributed by atoms with E-state index in [0.717, 1.165) is 33.5 Å². The van der Waals surface area contributed by atoms with E-state index in [0.29, 0.717) is 11.0 Å². The summed E-state index contributed by atoms with van der Waals surface area (Å²) < 4.78 is 0. The lowest BCUT2D eigenvalue weighted by Gasteiger charge is -2.07. The molecule has 2 aromatic carbocycles. The van der Waals surface area contributed by atoms with E-state index in [4.69, 9.17) is 11.6 Å². The largest absolute Gasteiger partial charge is 0.358 e. The summed E-state index contributed by atoms with van der Waals surface area (Å²) in [5.74, 6) is 0.541. The standard InChI is InChI=1S/C19H15ClN4/c1-12-18(15-7-2-3-8-16(15)22-12)17-9-10-21-19(24-17)23-14-6-4-5-13(20)11-14/h2-11,22H,1H3,(H,21,23,24). The Morgan fingerprint density at radius 1 is 1.04 bits per heavy atom. The molecule has 0 amide bonds. The fraction of sp³-hybridized carbons (Fsp3) is 0.0526. The van der Waals surface area contributed by atoms with Gasteiger partial charge in [-0.2, -0.15) is 0 Å². The van der Waals surface area contributed by atoms with Gasteiger partial charge in [0.05, 0.1) is 5.69 Å². The van der Waals surface area contributed by atoms with Crippen LogP contribution in [0.1, 0.15) is 5.69 Å². The van der Waals surface area contributed by atoms with Crippen LogP contribution in [0.4, 0.5) is 11.6 Å². The summed E-state index contributed by atoms with van der Waals surface area (Å²) in [5.41, 5.74) is 5.03. The third-order valence-electron chi connectivity index (χ3n) is 3.89. The molecule has 118 valence electrons. The molecule has 5 heteroatoms. The number of hydrogen-bond acceptors (Lipinski definition) is 3. The number of halogens is 1. The number of nitrogens with one attached hydrogen (secondary N) is 2. The summed E-state index contributed by atoms with van der Waals surface area (Å²) in [4.78, 5) is 12.4. The maximum absolute atomic E-state index is 6.02. The van der Waals surface area contributed by atoms with E-state index in [1.165, 1.54) is 0 Å². The number of nitrogens with zero attached hydrogens (tertiary/aromatic N) is 2. The number of aromatic amines is 1. The number of rotatable bonds is 3. The van der Waals surface area contributed by atoms with Gasteiger partial charge < -0.3 is 10.3 Å². The third kappa shape index (κ3) is 2.72. The second-order valence-electron chi connectivity index (χ2n) is 5.57. The van der Waals surface area contributed by atoms with Crippen molar-refractivity contribution in [2.24, 2.45) is 0 Å². The summed E-state index contributed by atoms with van der Waals surface area (Å²) in [7, 11) is 0. The van der Waals surface area contributed by atoms with Gasteiger partial charge in [0.1, 0.15) is 0 Å². The number of aromatic nitrogens is 3. The van der Waals surface area contributed by atoms with Crippen molar-refractivity contribution in [2.75, 3.05) is 5.32 Å². The SMILES string of the molecule is Cc1[nH]c2ccccc2c1-c1ccnc(Nc2cccc(Cl)c2)n1.